The highest BCUT2D eigenvalue weighted by molar-refractivity contribution is 7.25. The predicted octanol–water partition coefficient (Wildman–Crippen LogP) is 3.15. The smallest absolute Gasteiger partial charge is 0.279 e. The van der Waals surface area contributed by atoms with Crippen molar-refractivity contribution in [2.24, 2.45) is 0 Å². The van der Waals surface area contributed by atoms with E-state index in [-0.39, 0.29) is 5.56 Å². The molecule has 0 atom stereocenters. The molecule has 4 heterocycles. The van der Waals surface area contributed by atoms with Crippen molar-refractivity contribution in [3.8, 4) is 17.2 Å². The number of morpholine rings is 1. The first-order chi connectivity index (χ1) is 16.7. The average Bonchev–Trinajstić information content (AvgIpc) is 3.28. The van der Waals surface area contributed by atoms with E-state index < -0.39 is 0 Å². The Morgan fingerprint density at radius 1 is 1.09 bits per heavy atom. The average molecular weight is 480 g/mol. The molecule has 0 spiro atoms. The molecule has 1 saturated heterocycles. The van der Waals surface area contributed by atoms with Gasteiger partial charge in [-0.15, -0.1) is 0 Å². The Morgan fingerprint density at radius 2 is 1.88 bits per heavy atom. The number of fused-ring (bicyclic) bond motifs is 5. The second-order valence-electron chi connectivity index (χ2n) is 8.68. The van der Waals surface area contributed by atoms with Crippen LogP contribution in [-0.4, -0.2) is 50.1 Å². The van der Waals surface area contributed by atoms with Crippen molar-refractivity contribution in [2.45, 2.75) is 25.7 Å². The second-order valence-corrected chi connectivity index (χ2v) is 9.70. The zero-order valence-corrected chi connectivity index (χ0v) is 20.2. The molecule has 1 N–H and O–H groups in total. The minimum atomic E-state index is -0.0967. The standard InChI is InChI=1S/C25H26N4O4S/c1-31-15-7-8-18(19(13-15)32-2)29-14-26-21-20-16-5-3-4-6-17(16)23(28-9-11-33-12-10-28)27-24(20)34-22(21)25(29)30/h7-8,13-14H,3-6,9-12H2,1-2H3/p+1. The van der Waals surface area contributed by atoms with Crippen molar-refractivity contribution in [2.75, 3.05) is 45.4 Å². The summed E-state index contributed by atoms with van der Waals surface area (Å²) in [6, 6.07) is 5.41. The van der Waals surface area contributed by atoms with Crippen LogP contribution in [0, 0.1) is 0 Å². The number of benzene rings is 1. The van der Waals surface area contributed by atoms with Gasteiger partial charge in [0.15, 0.2) is 4.83 Å². The molecule has 8 nitrogen and oxygen atoms in total. The molecule has 6 rings (SSSR count). The van der Waals surface area contributed by atoms with Gasteiger partial charge in [0.1, 0.15) is 41.1 Å². The van der Waals surface area contributed by atoms with Gasteiger partial charge in [-0.1, -0.05) is 11.3 Å². The third kappa shape index (κ3) is 3.33. The number of hydrogen-bond acceptors (Lipinski definition) is 7. The summed E-state index contributed by atoms with van der Waals surface area (Å²) in [7, 11) is 3.19. The molecule has 0 amide bonds. The van der Waals surface area contributed by atoms with E-state index in [0.717, 1.165) is 61.3 Å². The van der Waals surface area contributed by atoms with E-state index in [4.69, 9.17) is 19.2 Å². The summed E-state index contributed by atoms with van der Waals surface area (Å²) < 4.78 is 18.6. The Hall–Kier alpha value is -3.17. The molecule has 1 aromatic carbocycles. The number of pyridine rings is 1. The van der Waals surface area contributed by atoms with Crippen molar-refractivity contribution < 1.29 is 19.2 Å². The topological polar surface area (TPSA) is 80.0 Å². The summed E-state index contributed by atoms with van der Waals surface area (Å²) in [5, 5.41) is 1.11. The number of aryl methyl sites for hydroxylation is 1. The van der Waals surface area contributed by atoms with Crippen LogP contribution in [0.4, 0.5) is 5.82 Å². The number of nitrogens with one attached hydrogen (secondary N) is 1. The van der Waals surface area contributed by atoms with E-state index in [1.54, 1.807) is 31.2 Å². The summed E-state index contributed by atoms with van der Waals surface area (Å²) in [6.07, 6.45) is 6.02. The number of anilines is 1. The van der Waals surface area contributed by atoms with E-state index in [1.165, 1.54) is 34.7 Å². The fourth-order valence-corrected chi connectivity index (χ4v) is 6.28. The molecule has 1 fully saturated rings. The van der Waals surface area contributed by atoms with E-state index in [2.05, 4.69) is 9.88 Å². The van der Waals surface area contributed by atoms with Crippen LogP contribution in [0.1, 0.15) is 24.0 Å². The van der Waals surface area contributed by atoms with Crippen LogP contribution in [0.5, 0.6) is 11.5 Å². The van der Waals surface area contributed by atoms with Crippen LogP contribution < -0.4 is 24.9 Å². The van der Waals surface area contributed by atoms with Gasteiger partial charge < -0.3 is 14.2 Å². The fourth-order valence-electron chi connectivity index (χ4n) is 5.17. The Bertz CT molecular complexity index is 1460. The van der Waals surface area contributed by atoms with Gasteiger partial charge in [-0.25, -0.2) is 9.97 Å². The Kier molecular flexibility index (Phi) is 5.38. The van der Waals surface area contributed by atoms with Gasteiger partial charge in [-0.3, -0.25) is 14.3 Å². The highest BCUT2D eigenvalue weighted by atomic mass is 32.1. The minimum absolute atomic E-state index is 0.0967. The lowest BCUT2D eigenvalue weighted by atomic mass is 9.90. The molecule has 1 aliphatic carbocycles. The van der Waals surface area contributed by atoms with Crippen LogP contribution >= 0.6 is 11.3 Å². The Morgan fingerprint density at radius 3 is 2.65 bits per heavy atom. The number of ether oxygens (including phenoxy) is 3. The van der Waals surface area contributed by atoms with E-state index in [0.29, 0.717) is 21.9 Å². The van der Waals surface area contributed by atoms with Crippen molar-refractivity contribution in [3.05, 3.63) is 46.0 Å². The third-order valence-electron chi connectivity index (χ3n) is 6.86. The Balaban J connectivity index is 1.57. The molecule has 176 valence electrons. The quantitative estimate of drug-likeness (QED) is 0.447. The number of nitrogens with zero attached hydrogens (tertiary/aromatic N) is 3. The number of hydrogen-bond donors (Lipinski definition) is 0. The first-order valence-corrected chi connectivity index (χ1v) is 12.5. The van der Waals surface area contributed by atoms with Gasteiger partial charge in [-0.2, -0.15) is 0 Å². The van der Waals surface area contributed by atoms with Gasteiger partial charge in [0.25, 0.3) is 11.4 Å². The summed E-state index contributed by atoms with van der Waals surface area (Å²) in [5.41, 5.74) is 4.06. The van der Waals surface area contributed by atoms with Gasteiger partial charge >= 0.3 is 0 Å². The number of methoxy groups -OCH3 is 2. The van der Waals surface area contributed by atoms with Crippen molar-refractivity contribution in [3.63, 3.8) is 0 Å². The number of rotatable bonds is 4. The molecule has 34 heavy (non-hydrogen) atoms. The molecule has 0 bridgehead atoms. The zero-order chi connectivity index (χ0) is 23.2. The molecular formula is C25H27N4O4S+. The molecule has 9 heteroatoms. The third-order valence-corrected chi connectivity index (χ3v) is 7.94. The number of thiophene rings is 1. The second kappa shape index (κ2) is 8.56. The molecule has 0 unspecified atom stereocenters. The maximum atomic E-state index is 13.7. The molecule has 0 radical (unpaired) electrons. The van der Waals surface area contributed by atoms with Gasteiger partial charge in [0, 0.05) is 11.6 Å². The van der Waals surface area contributed by atoms with E-state index in [1.807, 2.05) is 12.1 Å². The highest BCUT2D eigenvalue weighted by Crippen LogP contribution is 2.38. The van der Waals surface area contributed by atoms with Crippen LogP contribution in [0.15, 0.2) is 29.3 Å². The number of aromatic amines is 1. The fraction of sp³-hybridized carbons (Fsp3) is 0.400. The van der Waals surface area contributed by atoms with Crippen molar-refractivity contribution in [1.29, 1.82) is 0 Å². The van der Waals surface area contributed by atoms with E-state index >= 15 is 0 Å². The largest absolute Gasteiger partial charge is 0.497 e. The first kappa shape index (κ1) is 21.4. The maximum Gasteiger partial charge on any atom is 0.279 e. The maximum absolute atomic E-state index is 13.7. The molecule has 3 aromatic heterocycles. The highest BCUT2D eigenvalue weighted by Gasteiger charge is 2.31. The van der Waals surface area contributed by atoms with Crippen molar-refractivity contribution in [1.82, 2.24) is 9.55 Å². The van der Waals surface area contributed by atoms with Gasteiger partial charge in [0.2, 0.25) is 0 Å². The SMILES string of the molecule is COc1ccc(-n2cnc3c(sc4[nH+]c(N5CCOCC5)c5c(c43)CCCC5)c2=O)c(OC)c1. The predicted molar refractivity (Wildman–Crippen MR) is 132 cm³/mol. The lowest BCUT2D eigenvalue weighted by molar-refractivity contribution is -0.328. The summed E-state index contributed by atoms with van der Waals surface area (Å²) in [6.45, 7) is 3.23. The first-order valence-electron chi connectivity index (χ1n) is 11.7. The molecular weight excluding hydrogens is 452 g/mol. The van der Waals surface area contributed by atoms with Crippen LogP contribution in [0.25, 0.3) is 26.1 Å². The van der Waals surface area contributed by atoms with Crippen molar-refractivity contribution >= 4 is 37.6 Å². The number of H-pyrrole nitrogens is 1. The van der Waals surface area contributed by atoms with Gasteiger partial charge in [-0.05, 0) is 43.4 Å². The summed E-state index contributed by atoms with van der Waals surface area (Å²) >= 11 is 1.49. The minimum Gasteiger partial charge on any atom is -0.497 e. The molecule has 0 saturated carbocycles. The van der Waals surface area contributed by atoms with Gasteiger partial charge in [0.05, 0.1) is 38.5 Å². The van der Waals surface area contributed by atoms with E-state index in [9.17, 15) is 4.79 Å². The lowest BCUT2D eigenvalue weighted by Crippen LogP contribution is -2.40. The number of aromatic nitrogens is 3. The normalized spacial score (nSPS) is 16.1. The van der Waals surface area contributed by atoms with Crippen LogP contribution in [0.2, 0.25) is 0 Å². The Labute approximate surface area is 200 Å². The monoisotopic (exact) mass is 479 g/mol. The summed E-state index contributed by atoms with van der Waals surface area (Å²) in [5.74, 6) is 2.41. The zero-order valence-electron chi connectivity index (χ0n) is 19.3. The molecule has 1 aliphatic heterocycles. The van der Waals surface area contributed by atoms with Crippen LogP contribution in [0.3, 0.4) is 0 Å². The van der Waals surface area contributed by atoms with Crippen LogP contribution in [-0.2, 0) is 17.6 Å². The summed E-state index contributed by atoms with van der Waals surface area (Å²) in [4.78, 5) is 25.6. The molecule has 2 aliphatic rings. The lowest BCUT2D eigenvalue weighted by Gasteiger charge is -2.25. The molecule has 4 aromatic rings.